The quantitative estimate of drug-likeness (QED) is 0.797. The zero-order chi connectivity index (χ0) is 16.8. The van der Waals surface area contributed by atoms with Gasteiger partial charge in [-0.3, -0.25) is 10.1 Å². The van der Waals surface area contributed by atoms with Gasteiger partial charge in [0.1, 0.15) is 12.0 Å². The number of ether oxygens (including phenoxy) is 2. The Morgan fingerprint density at radius 3 is 2.83 bits per heavy atom. The lowest BCUT2D eigenvalue weighted by Crippen LogP contribution is -2.20. The van der Waals surface area contributed by atoms with E-state index in [1.54, 1.807) is 19.1 Å². The highest BCUT2D eigenvalue weighted by molar-refractivity contribution is 6.35. The van der Waals surface area contributed by atoms with Gasteiger partial charge in [-0.1, -0.05) is 23.2 Å². The van der Waals surface area contributed by atoms with Gasteiger partial charge in [0.2, 0.25) is 0 Å². The van der Waals surface area contributed by atoms with Crippen molar-refractivity contribution in [2.45, 2.75) is 6.92 Å². The molecule has 2 aromatic rings. The van der Waals surface area contributed by atoms with Crippen molar-refractivity contribution in [3.05, 3.63) is 40.2 Å². The number of rotatable bonds is 6. The van der Waals surface area contributed by atoms with E-state index in [1.165, 1.54) is 6.07 Å². The van der Waals surface area contributed by atoms with E-state index in [4.69, 9.17) is 37.1 Å². The summed E-state index contributed by atoms with van der Waals surface area (Å²) in [5.41, 5.74) is -0.0381. The van der Waals surface area contributed by atoms with Crippen molar-refractivity contribution in [2.24, 2.45) is 0 Å². The van der Waals surface area contributed by atoms with Crippen LogP contribution in [-0.2, 0) is 9.53 Å². The molecule has 1 heterocycles. The first-order valence-corrected chi connectivity index (χ1v) is 7.25. The number of aromatic nitrogens is 1. The topological polar surface area (TPSA) is 90.7 Å². The van der Waals surface area contributed by atoms with Gasteiger partial charge in [-0.25, -0.2) is 4.79 Å². The first-order valence-electron chi connectivity index (χ1n) is 6.50. The summed E-state index contributed by atoms with van der Waals surface area (Å²) in [6.07, 6.45) is 1.09. The maximum Gasteiger partial charge on any atom is 0.360 e. The second-order valence-corrected chi connectivity index (χ2v) is 5.01. The third kappa shape index (κ3) is 4.87. The fourth-order valence-corrected chi connectivity index (χ4v) is 1.98. The molecule has 1 amide bonds. The van der Waals surface area contributed by atoms with Crippen LogP contribution in [0.1, 0.15) is 17.4 Å². The maximum absolute atomic E-state index is 11.7. The molecular weight excluding hydrogens is 347 g/mol. The van der Waals surface area contributed by atoms with Crippen molar-refractivity contribution in [2.75, 3.05) is 18.5 Å². The minimum absolute atomic E-state index is 0.0381. The fraction of sp³-hybridized carbons (Fsp3) is 0.214. The summed E-state index contributed by atoms with van der Waals surface area (Å²) in [4.78, 5) is 26.9. The molecule has 0 radical (unpaired) electrons. The highest BCUT2D eigenvalue weighted by Crippen LogP contribution is 2.27. The summed E-state index contributed by atoms with van der Waals surface area (Å²) in [7, 11) is 0. The molecule has 0 fully saturated rings. The van der Waals surface area contributed by atoms with Crippen molar-refractivity contribution < 1.29 is 23.5 Å². The van der Waals surface area contributed by atoms with Gasteiger partial charge in [0, 0.05) is 5.02 Å². The van der Waals surface area contributed by atoms with Gasteiger partial charge in [0.15, 0.2) is 12.3 Å². The van der Waals surface area contributed by atoms with Crippen molar-refractivity contribution in [3.63, 3.8) is 0 Å². The Kier molecular flexibility index (Phi) is 5.84. The third-order valence-corrected chi connectivity index (χ3v) is 3.02. The summed E-state index contributed by atoms with van der Waals surface area (Å²) >= 11 is 11.7. The molecule has 7 nitrogen and oxygen atoms in total. The van der Waals surface area contributed by atoms with Gasteiger partial charge in [-0.15, -0.1) is 0 Å². The van der Waals surface area contributed by atoms with Crippen LogP contribution in [0.2, 0.25) is 10.0 Å². The number of nitrogens with one attached hydrogen (secondary N) is 1. The zero-order valence-electron chi connectivity index (χ0n) is 12.0. The monoisotopic (exact) mass is 358 g/mol. The highest BCUT2D eigenvalue weighted by Gasteiger charge is 2.15. The fourth-order valence-electron chi connectivity index (χ4n) is 1.52. The van der Waals surface area contributed by atoms with Crippen LogP contribution in [0.15, 0.2) is 28.9 Å². The SMILES string of the molecule is CCOC(=O)c1coc(NC(=O)COc2ccc(Cl)cc2Cl)n1. The minimum Gasteiger partial charge on any atom is -0.482 e. The summed E-state index contributed by atoms with van der Waals surface area (Å²) in [5.74, 6) is -0.861. The Labute approximate surface area is 141 Å². The predicted octanol–water partition coefficient (Wildman–Crippen LogP) is 3.18. The molecule has 0 spiro atoms. The van der Waals surface area contributed by atoms with Crippen molar-refractivity contribution in [1.82, 2.24) is 4.98 Å². The number of esters is 1. The lowest BCUT2D eigenvalue weighted by atomic mass is 10.3. The van der Waals surface area contributed by atoms with E-state index in [-0.39, 0.29) is 29.9 Å². The van der Waals surface area contributed by atoms with Gasteiger partial charge in [0.25, 0.3) is 5.91 Å². The van der Waals surface area contributed by atoms with Crippen LogP contribution >= 0.6 is 23.2 Å². The second-order valence-electron chi connectivity index (χ2n) is 4.17. The number of nitrogens with zero attached hydrogens (tertiary/aromatic N) is 1. The van der Waals surface area contributed by atoms with E-state index in [9.17, 15) is 9.59 Å². The Morgan fingerprint density at radius 1 is 1.35 bits per heavy atom. The smallest absolute Gasteiger partial charge is 0.360 e. The van der Waals surface area contributed by atoms with Crippen LogP contribution in [-0.4, -0.2) is 30.1 Å². The maximum atomic E-state index is 11.7. The molecule has 0 aliphatic heterocycles. The van der Waals surface area contributed by atoms with E-state index in [0.29, 0.717) is 10.8 Å². The standard InChI is InChI=1S/C14H12Cl2N2O5/c1-2-21-13(20)10-6-23-14(17-10)18-12(19)7-22-11-4-3-8(15)5-9(11)16/h3-6H,2,7H2,1H3,(H,17,18,19). The van der Waals surface area contributed by atoms with Crippen LogP contribution in [0.5, 0.6) is 5.75 Å². The third-order valence-electron chi connectivity index (χ3n) is 2.49. The van der Waals surface area contributed by atoms with Crippen LogP contribution in [0.25, 0.3) is 0 Å². The van der Waals surface area contributed by atoms with Gasteiger partial charge < -0.3 is 13.9 Å². The molecule has 0 saturated carbocycles. The van der Waals surface area contributed by atoms with Crippen molar-refractivity contribution in [3.8, 4) is 5.75 Å². The number of halogens is 2. The number of oxazole rings is 1. The Bertz CT molecular complexity index is 717. The number of carbonyl (C=O) groups is 2. The molecule has 1 aromatic heterocycles. The number of benzene rings is 1. The number of carbonyl (C=O) groups excluding carboxylic acids is 2. The molecular formula is C14H12Cl2N2O5. The summed E-state index contributed by atoms with van der Waals surface area (Å²) in [6, 6.07) is 4.49. The predicted molar refractivity (Wildman–Crippen MR) is 83.0 cm³/mol. The molecule has 1 N–H and O–H groups in total. The first-order chi connectivity index (χ1) is 11.0. The lowest BCUT2D eigenvalue weighted by Gasteiger charge is -2.07. The Morgan fingerprint density at radius 2 is 2.13 bits per heavy atom. The lowest BCUT2D eigenvalue weighted by molar-refractivity contribution is -0.118. The molecule has 9 heteroatoms. The molecule has 0 aliphatic carbocycles. The van der Waals surface area contributed by atoms with Crippen LogP contribution in [0, 0.1) is 0 Å². The van der Waals surface area contributed by atoms with Crippen molar-refractivity contribution in [1.29, 1.82) is 0 Å². The number of anilines is 1. The van der Waals surface area contributed by atoms with E-state index in [0.717, 1.165) is 6.26 Å². The van der Waals surface area contributed by atoms with Gasteiger partial charge in [0.05, 0.1) is 11.6 Å². The molecule has 2 rings (SSSR count). The van der Waals surface area contributed by atoms with E-state index in [2.05, 4.69) is 10.3 Å². The normalized spacial score (nSPS) is 10.2. The largest absolute Gasteiger partial charge is 0.482 e. The average molecular weight is 359 g/mol. The molecule has 0 saturated heterocycles. The molecule has 1 aromatic carbocycles. The van der Waals surface area contributed by atoms with Gasteiger partial charge in [-0.05, 0) is 25.1 Å². The van der Waals surface area contributed by atoms with E-state index < -0.39 is 11.9 Å². The second kappa shape index (κ2) is 7.85. The van der Waals surface area contributed by atoms with Crippen molar-refractivity contribution >= 4 is 41.1 Å². The van der Waals surface area contributed by atoms with Crippen LogP contribution in [0.4, 0.5) is 6.01 Å². The average Bonchev–Trinajstić information content (AvgIpc) is 2.95. The minimum atomic E-state index is -0.638. The van der Waals surface area contributed by atoms with Gasteiger partial charge in [-0.2, -0.15) is 4.98 Å². The number of hydrogen-bond donors (Lipinski definition) is 1. The molecule has 23 heavy (non-hydrogen) atoms. The zero-order valence-corrected chi connectivity index (χ0v) is 13.5. The number of hydrogen-bond acceptors (Lipinski definition) is 6. The molecule has 0 unspecified atom stereocenters. The van der Waals surface area contributed by atoms with Gasteiger partial charge >= 0.3 is 12.0 Å². The van der Waals surface area contributed by atoms with E-state index in [1.807, 2.05) is 0 Å². The van der Waals surface area contributed by atoms with Crippen LogP contribution in [0.3, 0.4) is 0 Å². The first kappa shape index (κ1) is 17.1. The summed E-state index contributed by atoms with van der Waals surface area (Å²) in [6.45, 7) is 1.56. The molecule has 0 aliphatic rings. The van der Waals surface area contributed by atoms with Crippen LogP contribution < -0.4 is 10.1 Å². The Hall–Kier alpha value is -2.25. The molecule has 0 atom stereocenters. The summed E-state index contributed by atoms with van der Waals surface area (Å²) in [5, 5.41) is 3.08. The van der Waals surface area contributed by atoms with E-state index >= 15 is 0 Å². The number of amides is 1. The Balaban J connectivity index is 1.88. The highest BCUT2D eigenvalue weighted by atomic mass is 35.5. The summed E-state index contributed by atoms with van der Waals surface area (Å²) < 4.78 is 15.0. The molecule has 122 valence electrons. The molecule has 0 bridgehead atoms.